The van der Waals surface area contributed by atoms with E-state index in [0.29, 0.717) is 6.29 Å². The van der Waals surface area contributed by atoms with Crippen molar-refractivity contribution in [2.45, 2.75) is 50.8 Å². The highest BCUT2D eigenvalue weighted by atomic mass is 16.3. The van der Waals surface area contributed by atoms with E-state index in [2.05, 4.69) is 6.08 Å². The molecule has 5 N–H and O–H groups in total. The highest BCUT2D eigenvalue weighted by Gasteiger charge is 2.17. The Morgan fingerprint density at radius 3 is 2.59 bits per heavy atom. The van der Waals surface area contributed by atoms with Crippen LogP contribution in [0.15, 0.2) is 24.3 Å². The molecule has 0 fully saturated rings. The van der Waals surface area contributed by atoms with Gasteiger partial charge in [0.2, 0.25) is 0 Å². The SMILES string of the molecule is C/C=C\C=C/CCCC(N)[C@@H](O)CC(N)C=O. The second-order valence-corrected chi connectivity index (χ2v) is 4.15. The fourth-order valence-electron chi connectivity index (χ4n) is 1.46. The van der Waals surface area contributed by atoms with E-state index in [-0.39, 0.29) is 12.5 Å². The number of unbranched alkanes of at least 4 members (excludes halogenated alkanes) is 1. The second-order valence-electron chi connectivity index (χ2n) is 4.15. The summed E-state index contributed by atoms with van der Waals surface area (Å²) in [5.74, 6) is 0. The van der Waals surface area contributed by atoms with Crippen LogP contribution in [0.1, 0.15) is 32.6 Å². The minimum Gasteiger partial charge on any atom is -0.391 e. The normalized spacial score (nSPS) is 17.4. The van der Waals surface area contributed by atoms with Gasteiger partial charge >= 0.3 is 0 Å². The molecule has 4 heteroatoms. The van der Waals surface area contributed by atoms with Crippen LogP contribution in [0, 0.1) is 0 Å². The molecule has 0 aromatic heterocycles. The van der Waals surface area contributed by atoms with Crippen LogP contribution in [-0.2, 0) is 4.79 Å². The zero-order valence-corrected chi connectivity index (χ0v) is 10.5. The van der Waals surface area contributed by atoms with Crippen molar-refractivity contribution >= 4 is 6.29 Å². The van der Waals surface area contributed by atoms with Crippen LogP contribution < -0.4 is 11.5 Å². The molecule has 0 aliphatic rings. The van der Waals surface area contributed by atoms with Gasteiger partial charge in [-0.1, -0.05) is 24.3 Å². The standard InChI is InChI=1S/C13H24N2O2/c1-2-3-4-5-6-7-8-12(15)13(17)9-11(14)10-16/h2-5,10-13,17H,6-9,14-15H2,1H3/b3-2-,5-4-/t11?,12?,13-/m0/s1. The summed E-state index contributed by atoms with van der Waals surface area (Å²) in [5.41, 5.74) is 11.2. The van der Waals surface area contributed by atoms with Gasteiger partial charge in [0.15, 0.2) is 0 Å². The number of aliphatic hydroxyl groups is 1. The van der Waals surface area contributed by atoms with Gasteiger partial charge in [0, 0.05) is 6.04 Å². The number of nitrogens with two attached hydrogens (primary N) is 2. The Labute approximate surface area is 103 Å². The fourth-order valence-corrected chi connectivity index (χ4v) is 1.46. The topological polar surface area (TPSA) is 89.3 Å². The molecule has 0 aromatic rings. The maximum atomic E-state index is 10.3. The van der Waals surface area contributed by atoms with Crippen molar-refractivity contribution in [1.82, 2.24) is 0 Å². The summed E-state index contributed by atoms with van der Waals surface area (Å²) >= 11 is 0. The fraction of sp³-hybridized carbons (Fsp3) is 0.615. The first-order valence-corrected chi connectivity index (χ1v) is 6.04. The van der Waals surface area contributed by atoms with Crippen molar-refractivity contribution in [3.8, 4) is 0 Å². The number of allylic oxidation sites excluding steroid dienone is 4. The van der Waals surface area contributed by atoms with Crippen LogP contribution in [0.25, 0.3) is 0 Å². The van der Waals surface area contributed by atoms with E-state index in [1.54, 1.807) is 0 Å². The van der Waals surface area contributed by atoms with Gasteiger partial charge < -0.3 is 21.4 Å². The summed E-state index contributed by atoms with van der Waals surface area (Å²) in [6.07, 6.45) is 10.7. The predicted octanol–water partition coefficient (Wildman–Crippen LogP) is 0.894. The van der Waals surface area contributed by atoms with Crippen molar-refractivity contribution in [3.05, 3.63) is 24.3 Å². The third-order valence-electron chi connectivity index (χ3n) is 2.53. The summed E-state index contributed by atoms with van der Waals surface area (Å²) in [7, 11) is 0. The molecule has 0 saturated carbocycles. The minimum atomic E-state index is -0.699. The van der Waals surface area contributed by atoms with Crippen LogP contribution in [0.4, 0.5) is 0 Å². The lowest BCUT2D eigenvalue weighted by Gasteiger charge is -2.19. The van der Waals surface area contributed by atoms with Gasteiger partial charge in [-0.2, -0.15) is 0 Å². The summed E-state index contributed by atoms with van der Waals surface area (Å²) in [4.78, 5) is 10.3. The van der Waals surface area contributed by atoms with E-state index in [0.717, 1.165) is 19.3 Å². The van der Waals surface area contributed by atoms with E-state index in [9.17, 15) is 9.90 Å². The number of carbonyl (C=O) groups is 1. The minimum absolute atomic E-state index is 0.235. The summed E-state index contributed by atoms with van der Waals surface area (Å²) in [6.45, 7) is 1.97. The lowest BCUT2D eigenvalue weighted by molar-refractivity contribution is -0.109. The van der Waals surface area contributed by atoms with E-state index in [1.807, 2.05) is 25.2 Å². The molecule has 0 amide bonds. The van der Waals surface area contributed by atoms with Crippen LogP contribution in [0.5, 0.6) is 0 Å². The molecular weight excluding hydrogens is 216 g/mol. The maximum Gasteiger partial charge on any atom is 0.136 e. The zero-order valence-electron chi connectivity index (χ0n) is 10.5. The molecule has 0 aliphatic heterocycles. The Morgan fingerprint density at radius 1 is 1.29 bits per heavy atom. The number of aliphatic hydroxyl groups excluding tert-OH is 1. The number of rotatable bonds is 9. The van der Waals surface area contributed by atoms with Crippen LogP contribution in [0.2, 0.25) is 0 Å². The number of carbonyl (C=O) groups excluding carboxylic acids is 1. The van der Waals surface area contributed by atoms with Gasteiger partial charge in [-0.15, -0.1) is 0 Å². The van der Waals surface area contributed by atoms with Crippen molar-refractivity contribution in [2.75, 3.05) is 0 Å². The van der Waals surface area contributed by atoms with Gasteiger partial charge in [0.05, 0.1) is 12.1 Å². The third-order valence-corrected chi connectivity index (χ3v) is 2.53. The first-order chi connectivity index (χ1) is 8.11. The Morgan fingerprint density at radius 2 is 2.00 bits per heavy atom. The van der Waals surface area contributed by atoms with Gasteiger partial charge in [0.25, 0.3) is 0 Å². The molecule has 0 bridgehead atoms. The lowest BCUT2D eigenvalue weighted by atomic mass is 9.99. The summed E-state index contributed by atoms with van der Waals surface area (Å²) < 4.78 is 0. The Hall–Kier alpha value is -0.970. The lowest BCUT2D eigenvalue weighted by Crippen LogP contribution is -2.39. The number of aldehydes is 1. The summed E-state index contributed by atoms with van der Waals surface area (Å²) in [6, 6.07) is -0.929. The van der Waals surface area contributed by atoms with E-state index < -0.39 is 12.1 Å². The number of hydrogen-bond acceptors (Lipinski definition) is 4. The van der Waals surface area contributed by atoms with Gasteiger partial charge in [0.1, 0.15) is 6.29 Å². The maximum absolute atomic E-state index is 10.3. The highest BCUT2D eigenvalue weighted by molar-refractivity contribution is 5.56. The summed E-state index contributed by atoms with van der Waals surface area (Å²) in [5, 5.41) is 9.67. The Kier molecular flexibility index (Phi) is 9.62. The molecule has 0 aromatic carbocycles. The molecular formula is C13H24N2O2. The quantitative estimate of drug-likeness (QED) is 0.317. The van der Waals surface area contributed by atoms with Gasteiger partial charge in [-0.05, 0) is 32.6 Å². The molecule has 0 heterocycles. The van der Waals surface area contributed by atoms with E-state index in [4.69, 9.17) is 11.5 Å². The first kappa shape index (κ1) is 16.0. The van der Waals surface area contributed by atoms with Crippen molar-refractivity contribution in [3.63, 3.8) is 0 Å². The number of hydrogen-bond donors (Lipinski definition) is 3. The molecule has 2 unspecified atom stereocenters. The Bertz CT molecular complexity index is 252. The largest absolute Gasteiger partial charge is 0.391 e. The molecule has 3 atom stereocenters. The molecule has 17 heavy (non-hydrogen) atoms. The average molecular weight is 240 g/mol. The first-order valence-electron chi connectivity index (χ1n) is 6.04. The monoisotopic (exact) mass is 240 g/mol. The molecule has 4 nitrogen and oxygen atoms in total. The molecule has 0 radical (unpaired) electrons. The van der Waals surface area contributed by atoms with E-state index in [1.165, 1.54) is 0 Å². The molecule has 0 aliphatic carbocycles. The predicted molar refractivity (Wildman–Crippen MR) is 70.4 cm³/mol. The van der Waals surface area contributed by atoms with Crippen molar-refractivity contribution in [2.24, 2.45) is 11.5 Å². The van der Waals surface area contributed by atoms with Crippen molar-refractivity contribution < 1.29 is 9.90 Å². The smallest absolute Gasteiger partial charge is 0.136 e. The second kappa shape index (κ2) is 10.2. The van der Waals surface area contributed by atoms with Crippen molar-refractivity contribution in [1.29, 1.82) is 0 Å². The zero-order chi connectivity index (χ0) is 13.1. The van der Waals surface area contributed by atoms with Crippen LogP contribution in [-0.4, -0.2) is 29.6 Å². The molecule has 0 spiro atoms. The third kappa shape index (κ3) is 8.80. The van der Waals surface area contributed by atoms with Crippen LogP contribution >= 0.6 is 0 Å². The van der Waals surface area contributed by atoms with Crippen LogP contribution in [0.3, 0.4) is 0 Å². The van der Waals surface area contributed by atoms with Gasteiger partial charge in [-0.25, -0.2) is 0 Å². The van der Waals surface area contributed by atoms with Gasteiger partial charge in [-0.3, -0.25) is 0 Å². The molecule has 0 saturated heterocycles. The molecule has 0 rings (SSSR count). The highest BCUT2D eigenvalue weighted by Crippen LogP contribution is 2.07. The average Bonchev–Trinajstić information content (AvgIpc) is 2.32. The van der Waals surface area contributed by atoms with E-state index >= 15 is 0 Å². The Balaban J connectivity index is 3.70. The molecule has 98 valence electrons.